The molecular weight excluding hydrogens is 271 g/mol. The van der Waals surface area contributed by atoms with Gasteiger partial charge in [-0.1, -0.05) is 61.6 Å². The largest absolute Gasteiger partial charge is 0.137 e. The van der Waals surface area contributed by atoms with Gasteiger partial charge in [0.1, 0.15) is 0 Å². The molecule has 0 spiro atoms. The Morgan fingerprint density at radius 3 is 2.71 bits per heavy atom. The first-order chi connectivity index (χ1) is 10.1. The summed E-state index contributed by atoms with van der Waals surface area (Å²) in [6.07, 6.45) is 19.8. The summed E-state index contributed by atoms with van der Waals surface area (Å²) in [6, 6.07) is 0. The van der Waals surface area contributed by atoms with Gasteiger partial charge < -0.3 is 0 Å². The fraction of sp³-hybridized carbons (Fsp3) is 0.400. The lowest BCUT2D eigenvalue weighted by molar-refractivity contribution is 0.795. The molecule has 0 aliphatic heterocycles. The molecule has 0 bridgehead atoms. The molecule has 0 aromatic heterocycles. The van der Waals surface area contributed by atoms with E-state index < -0.39 is 0 Å². The van der Waals surface area contributed by atoms with Crippen LogP contribution >= 0.6 is 9.24 Å². The molecule has 0 aromatic rings. The fourth-order valence-corrected chi connectivity index (χ4v) is 2.66. The number of hydrogen-bond acceptors (Lipinski definition) is 0. The minimum Gasteiger partial charge on any atom is -0.137 e. The topological polar surface area (TPSA) is 0 Å². The summed E-state index contributed by atoms with van der Waals surface area (Å²) in [7, 11) is 2.77. The van der Waals surface area contributed by atoms with Crippen molar-refractivity contribution in [2.24, 2.45) is 5.92 Å². The van der Waals surface area contributed by atoms with E-state index in [4.69, 9.17) is 0 Å². The Bertz CT molecular complexity index is 498. The van der Waals surface area contributed by atoms with Crippen molar-refractivity contribution in [3.63, 3.8) is 0 Å². The van der Waals surface area contributed by atoms with E-state index in [0.29, 0.717) is 5.92 Å². The molecule has 0 saturated heterocycles. The van der Waals surface area contributed by atoms with Gasteiger partial charge in [0.15, 0.2) is 0 Å². The zero-order chi connectivity index (χ0) is 15.7. The van der Waals surface area contributed by atoms with E-state index in [1.807, 2.05) is 6.08 Å². The van der Waals surface area contributed by atoms with Crippen molar-refractivity contribution < 1.29 is 0 Å². The van der Waals surface area contributed by atoms with Crippen molar-refractivity contribution in [2.75, 3.05) is 6.16 Å². The van der Waals surface area contributed by atoms with E-state index >= 15 is 0 Å². The van der Waals surface area contributed by atoms with Crippen LogP contribution < -0.4 is 0 Å². The fourth-order valence-electron chi connectivity index (χ4n) is 2.49. The van der Waals surface area contributed by atoms with Crippen molar-refractivity contribution >= 4 is 9.24 Å². The highest BCUT2D eigenvalue weighted by Gasteiger charge is 2.15. The lowest BCUT2D eigenvalue weighted by Crippen LogP contribution is -2.04. The summed E-state index contributed by atoms with van der Waals surface area (Å²) in [5.74, 6) is 0.481. The maximum atomic E-state index is 3.94. The number of hydrogen-bond donors (Lipinski definition) is 0. The Labute approximate surface area is 133 Å². The van der Waals surface area contributed by atoms with Gasteiger partial charge in [-0.15, -0.1) is 9.24 Å². The predicted octanol–water partition coefficient (Wildman–Crippen LogP) is 6.17. The minimum atomic E-state index is 0.481. The van der Waals surface area contributed by atoms with Gasteiger partial charge in [-0.05, 0) is 56.0 Å². The van der Waals surface area contributed by atoms with Gasteiger partial charge in [0.2, 0.25) is 0 Å². The molecule has 1 aliphatic rings. The maximum Gasteiger partial charge on any atom is 0.00167 e. The standard InChI is InChI=1S/C20H29P/c1-5-16(3)17(4)20(19-11-7-8-12-19)14-13-18(6-2)10-9-15-21/h5-8,10-11,14,17H,2,9,12-13,15,21H2,1,3-4H3/b16-5-,18-10-,20-14+. The molecule has 1 heteroatoms. The number of rotatable bonds is 8. The maximum absolute atomic E-state index is 3.94. The SMILES string of the molecule is C=C/C(=C/CCP)C/C=C(/C1=CC=CC1)C(C)/C(C)=C\C. The van der Waals surface area contributed by atoms with Crippen LogP contribution in [0.25, 0.3) is 0 Å². The van der Waals surface area contributed by atoms with Crippen molar-refractivity contribution in [1.82, 2.24) is 0 Å². The molecule has 2 atom stereocenters. The highest BCUT2D eigenvalue weighted by molar-refractivity contribution is 7.16. The molecule has 0 fully saturated rings. The summed E-state index contributed by atoms with van der Waals surface area (Å²) >= 11 is 0. The first-order valence-corrected chi connectivity index (χ1v) is 8.66. The van der Waals surface area contributed by atoms with Crippen LogP contribution in [-0.2, 0) is 0 Å². The van der Waals surface area contributed by atoms with E-state index in [0.717, 1.165) is 25.4 Å². The molecule has 0 nitrogen and oxygen atoms in total. The molecule has 2 unspecified atom stereocenters. The van der Waals surface area contributed by atoms with Crippen molar-refractivity contribution in [3.05, 3.63) is 71.4 Å². The lowest BCUT2D eigenvalue weighted by Gasteiger charge is -2.19. The van der Waals surface area contributed by atoms with Crippen LogP contribution in [0.5, 0.6) is 0 Å². The Kier molecular flexibility index (Phi) is 8.31. The highest BCUT2D eigenvalue weighted by Crippen LogP contribution is 2.31. The normalized spacial score (nSPS) is 17.9. The van der Waals surface area contributed by atoms with Gasteiger partial charge in [0.25, 0.3) is 0 Å². The van der Waals surface area contributed by atoms with Crippen molar-refractivity contribution in [1.29, 1.82) is 0 Å². The van der Waals surface area contributed by atoms with Crippen LogP contribution in [0.15, 0.2) is 71.4 Å². The zero-order valence-corrected chi connectivity index (χ0v) is 14.9. The molecular formula is C20H29P. The third kappa shape index (κ3) is 5.64. The smallest absolute Gasteiger partial charge is 0.00167 e. The van der Waals surface area contributed by atoms with Gasteiger partial charge in [-0.25, -0.2) is 0 Å². The molecule has 0 radical (unpaired) electrons. The molecule has 114 valence electrons. The molecule has 0 N–H and O–H groups in total. The van der Waals surface area contributed by atoms with Crippen LogP contribution in [0.4, 0.5) is 0 Å². The van der Waals surface area contributed by atoms with Crippen LogP contribution in [-0.4, -0.2) is 6.16 Å². The van der Waals surface area contributed by atoms with Gasteiger partial charge in [0.05, 0.1) is 0 Å². The second-order valence-corrected chi connectivity index (χ2v) is 6.08. The van der Waals surface area contributed by atoms with E-state index in [2.05, 4.69) is 73.0 Å². The number of allylic oxidation sites excluding steroid dienone is 11. The first-order valence-electron chi connectivity index (χ1n) is 7.84. The van der Waals surface area contributed by atoms with Crippen LogP contribution in [0.2, 0.25) is 0 Å². The second kappa shape index (κ2) is 9.74. The van der Waals surface area contributed by atoms with Gasteiger partial charge >= 0.3 is 0 Å². The first kappa shape index (κ1) is 17.9. The summed E-state index contributed by atoms with van der Waals surface area (Å²) < 4.78 is 0. The molecule has 1 rings (SSSR count). The van der Waals surface area contributed by atoms with Gasteiger partial charge in [-0.2, -0.15) is 0 Å². The van der Waals surface area contributed by atoms with Crippen LogP contribution in [0.3, 0.4) is 0 Å². The summed E-state index contributed by atoms with van der Waals surface area (Å²) in [4.78, 5) is 0. The van der Waals surface area contributed by atoms with Crippen LogP contribution in [0.1, 0.15) is 40.0 Å². The second-order valence-electron chi connectivity index (χ2n) is 5.50. The Balaban J connectivity index is 2.95. The monoisotopic (exact) mass is 300 g/mol. The molecule has 21 heavy (non-hydrogen) atoms. The van der Waals surface area contributed by atoms with Crippen molar-refractivity contribution in [2.45, 2.75) is 40.0 Å². The van der Waals surface area contributed by atoms with Crippen LogP contribution in [0, 0.1) is 5.92 Å². The average molecular weight is 300 g/mol. The average Bonchev–Trinajstić information content (AvgIpc) is 3.03. The zero-order valence-electron chi connectivity index (χ0n) is 13.7. The molecule has 0 saturated carbocycles. The third-order valence-electron chi connectivity index (χ3n) is 4.14. The van der Waals surface area contributed by atoms with Gasteiger partial charge in [0, 0.05) is 5.92 Å². The summed E-state index contributed by atoms with van der Waals surface area (Å²) in [5, 5.41) is 0. The lowest BCUT2D eigenvalue weighted by atomic mass is 9.86. The highest BCUT2D eigenvalue weighted by atomic mass is 31.0. The van der Waals surface area contributed by atoms with E-state index in [1.165, 1.54) is 22.3 Å². The van der Waals surface area contributed by atoms with E-state index in [-0.39, 0.29) is 0 Å². The Hall–Kier alpha value is -1.13. The Morgan fingerprint density at radius 2 is 2.19 bits per heavy atom. The van der Waals surface area contributed by atoms with E-state index in [9.17, 15) is 0 Å². The minimum absolute atomic E-state index is 0.481. The predicted molar refractivity (Wildman–Crippen MR) is 101 cm³/mol. The van der Waals surface area contributed by atoms with Gasteiger partial charge in [-0.3, -0.25) is 0 Å². The molecule has 0 aromatic carbocycles. The quantitative estimate of drug-likeness (QED) is 0.286. The summed E-state index contributed by atoms with van der Waals surface area (Å²) in [5.41, 5.74) is 5.68. The molecule has 0 amide bonds. The molecule has 1 aliphatic carbocycles. The molecule has 0 heterocycles. The van der Waals surface area contributed by atoms with E-state index in [1.54, 1.807) is 0 Å². The third-order valence-corrected chi connectivity index (χ3v) is 4.47. The Morgan fingerprint density at radius 1 is 1.43 bits per heavy atom. The summed E-state index contributed by atoms with van der Waals surface area (Å²) in [6.45, 7) is 10.6. The van der Waals surface area contributed by atoms with Crippen molar-refractivity contribution in [3.8, 4) is 0 Å².